The molecule has 1 aliphatic carbocycles. The largest absolute Gasteiger partial charge is 0.496 e. The number of halogens is 1. The summed E-state index contributed by atoms with van der Waals surface area (Å²) in [7, 11) is 2.91. The third-order valence-corrected chi connectivity index (χ3v) is 6.25. The first-order chi connectivity index (χ1) is 13.9. The number of ether oxygens (including phenoxy) is 4. The summed E-state index contributed by atoms with van der Waals surface area (Å²) in [6.07, 6.45) is 4.17. The molecule has 0 aromatic heterocycles. The van der Waals surface area contributed by atoms with Crippen LogP contribution in [0.5, 0.6) is 17.2 Å². The molecule has 0 radical (unpaired) electrons. The van der Waals surface area contributed by atoms with Gasteiger partial charge in [0.25, 0.3) is 0 Å². The Morgan fingerprint density at radius 3 is 2.66 bits per heavy atom. The number of benzene rings is 1. The zero-order valence-electron chi connectivity index (χ0n) is 16.7. The van der Waals surface area contributed by atoms with E-state index in [2.05, 4.69) is 5.32 Å². The van der Waals surface area contributed by atoms with Crippen molar-refractivity contribution in [3.8, 4) is 17.2 Å². The Labute approximate surface area is 174 Å². The van der Waals surface area contributed by atoms with Gasteiger partial charge in [-0.2, -0.15) is 0 Å². The summed E-state index contributed by atoms with van der Waals surface area (Å²) in [4.78, 5) is 26.6. The average Bonchev–Trinajstić information content (AvgIpc) is 3.33. The van der Waals surface area contributed by atoms with Crippen molar-refractivity contribution in [1.82, 2.24) is 5.32 Å². The van der Waals surface area contributed by atoms with Crippen LogP contribution in [-0.2, 0) is 9.53 Å². The van der Waals surface area contributed by atoms with Gasteiger partial charge in [-0.25, -0.2) is 0 Å². The first kappa shape index (κ1) is 20.0. The number of hydrogen-bond donors (Lipinski definition) is 1. The molecule has 7 nitrogen and oxygen atoms in total. The normalized spacial score (nSPS) is 28.2. The second-order valence-electron chi connectivity index (χ2n) is 7.62. The van der Waals surface area contributed by atoms with Gasteiger partial charge in [-0.05, 0) is 19.3 Å². The van der Waals surface area contributed by atoms with Gasteiger partial charge in [0.05, 0.1) is 20.3 Å². The second kappa shape index (κ2) is 7.54. The van der Waals surface area contributed by atoms with Gasteiger partial charge in [-0.3, -0.25) is 9.59 Å². The second-order valence-corrected chi connectivity index (χ2v) is 8.00. The molecule has 2 aliphatic heterocycles. The molecule has 0 saturated carbocycles. The van der Waals surface area contributed by atoms with Crippen LogP contribution in [0.4, 0.5) is 0 Å². The van der Waals surface area contributed by atoms with Crippen LogP contribution in [0, 0.1) is 5.92 Å². The highest BCUT2D eigenvalue weighted by molar-refractivity contribution is 6.36. The number of methoxy groups -OCH3 is 2. The first-order valence-electron chi connectivity index (χ1n) is 9.71. The lowest BCUT2D eigenvalue weighted by atomic mass is 9.74. The number of ketones is 2. The monoisotopic (exact) mass is 421 g/mol. The van der Waals surface area contributed by atoms with Gasteiger partial charge < -0.3 is 24.3 Å². The SMILES string of the molecule is COc1cc(OC)c2c(c1Cl)O[C@@]1(C(=O)C=C(NC[C@@H]3CCCO3)C[C@H]1C)C2=O. The number of rotatable bonds is 5. The maximum Gasteiger partial charge on any atom is 0.236 e. The molecule has 2 heterocycles. The maximum atomic E-state index is 13.4. The van der Waals surface area contributed by atoms with Crippen LogP contribution in [0.25, 0.3) is 0 Å². The molecule has 1 fully saturated rings. The minimum Gasteiger partial charge on any atom is -0.496 e. The predicted octanol–water partition coefficient (Wildman–Crippen LogP) is 2.93. The van der Waals surface area contributed by atoms with E-state index < -0.39 is 23.1 Å². The molecule has 0 bridgehead atoms. The standard InChI is InChI=1S/C21H24ClNO6/c1-11-7-12(23-10-13-5-4-6-28-13)8-16(24)21(11)20(25)17-14(26-2)9-15(27-3)18(22)19(17)29-21/h8-9,11,13,23H,4-7,10H2,1-3H3/t11-,13+,21+/m1/s1. The molecule has 1 aromatic rings. The van der Waals surface area contributed by atoms with E-state index in [0.717, 1.165) is 25.1 Å². The van der Waals surface area contributed by atoms with Crippen LogP contribution in [-0.4, -0.2) is 50.6 Å². The molecule has 156 valence electrons. The van der Waals surface area contributed by atoms with Gasteiger partial charge in [-0.1, -0.05) is 18.5 Å². The van der Waals surface area contributed by atoms with Gasteiger partial charge >= 0.3 is 0 Å². The maximum absolute atomic E-state index is 13.4. The number of carbonyl (C=O) groups is 2. The third-order valence-electron chi connectivity index (χ3n) is 5.89. The quantitative estimate of drug-likeness (QED) is 0.732. The molecule has 4 rings (SSSR count). The number of fused-ring (bicyclic) bond motifs is 1. The Morgan fingerprint density at radius 1 is 1.28 bits per heavy atom. The average molecular weight is 422 g/mol. The summed E-state index contributed by atoms with van der Waals surface area (Å²) in [5.41, 5.74) is -0.671. The van der Waals surface area contributed by atoms with Crippen LogP contribution in [0.1, 0.15) is 36.5 Å². The summed E-state index contributed by atoms with van der Waals surface area (Å²) in [6, 6.07) is 1.53. The summed E-state index contributed by atoms with van der Waals surface area (Å²) in [6.45, 7) is 3.25. The highest BCUT2D eigenvalue weighted by Gasteiger charge is 2.60. The molecule has 1 saturated heterocycles. The lowest BCUT2D eigenvalue weighted by molar-refractivity contribution is -0.129. The third kappa shape index (κ3) is 3.07. The summed E-state index contributed by atoms with van der Waals surface area (Å²) in [5, 5.41) is 3.45. The van der Waals surface area contributed by atoms with Crippen molar-refractivity contribution in [1.29, 1.82) is 0 Å². The van der Waals surface area contributed by atoms with Crippen LogP contribution in [0.3, 0.4) is 0 Å². The van der Waals surface area contributed by atoms with E-state index in [-0.39, 0.29) is 28.2 Å². The van der Waals surface area contributed by atoms with E-state index in [4.69, 9.17) is 30.5 Å². The molecule has 3 aliphatic rings. The molecule has 0 unspecified atom stereocenters. The van der Waals surface area contributed by atoms with E-state index in [1.165, 1.54) is 26.4 Å². The fraction of sp³-hybridized carbons (Fsp3) is 0.524. The molecule has 8 heteroatoms. The van der Waals surface area contributed by atoms with Gasteiger partial charge in [0.1, 0.15) is 22.1 Å². The Morgan fingerprint density at radius 2 is 2.03 bits per heavy atom. The van der Waals surface area contributed by atoms with Crippen molar-refractivity contribution in [3.05, 3.63) is 28.4 Å². The Balaban J connectivity index is 1.65. The molecule has 1 aromatic carbocycles. The van der Waals surface area contributed by atoms with E-state index in [9.17, 15) is 9.59 Å². The minimum absolute atomic E-state index is 0.136. The minimum atomic E-state index is -1.64. The number of carbonyl (C=O) groups excluding carboxylic acids is 2. The van der Waals surface area contributed by atoms with Crippen LogP contribution in [0.2, 0.25) is 5.02 Å². The zero-order chi connectivity index (χ0) is 20.8. The molecular weight excluding hydrogens is 398 g/mol. The number of Topliss-reactive ketones (excluding diaryl/α,β-unsaturated/α-hetero) is 1. The molecule has 3 atom stereocenters. The van der Waals surface area contributed by atoms with Gasteiger partial charge in [0, 0.05) is 36.9 Å². The topological polar surface area (TPSA) is 83.1 Å². The van der Waals surface area contributed by atoms with Crippen molar-refractivity contribution in [3.63, 3.8) is 0 Å². The first-order valence-corrected chi connectivity index (χ1v) is 10.1. The van der Waals surface area contributed by atoms with Gasteiger partial charge in [-0.15, -0.1) is 0 Å². The van der Waals surface area contributed by atoms with Crippen molar-refractivity contribution in [2.75, 3.05) is 27.4 Å². The fourth-order valence-electron chi connectivity index (χ4n) is 4.30. The Kier molecular flexibility index (Phi) is 5.21. The van der Waals surface area contributed by atoms with Crippen LogP contribution < -0.4 is 19.5 Å². The van der Waals surface area contributed by atoms with Crippen LogP contribution in [0.15, 0.2) is 17.8 Å². The number of allylic oxidation sites excluding steroid dienone is 1. The summed E-state index contributed by atoms with van der Waals surface area (Å²) < 4.78 is 22.2. The van der Waals surface area contributed by atoms with E-state index in [0.29, 0.717) is 18.7 Å². The fourth-order valence-corrected chi connectivity index (χ4v) is 4.57. The molecular formula is C21H24ClNO6. The Hall–Kier alpha value is -2.25. The lowest BCUT2D eigenvalue weighted by Crippen LogP contribution is -2.55. The number of hydrogen-bond acceptors (Lipinski definition) is 7. The van der Waals surface area contributed by atoms with Crippen molar-refractivity contribution >= 4 is 23.2 Å². The Bertz CT molecular complexity index is 892. The summed E-state index contributed by atoms with van der Waals surface area (Å²) >= 11 is 6.39. The van der Waals surface area contributed by atoms with Gasteiger partial charge in [0.15, 0.2) is 5.75 Å². The van der Waals surface area contributed by atoms with E-state index in [1.807, 2.05) is 6.92 Å². The summed E-state index contributed by atoms with van der Waals surface area (Å²) in [5.74, 6) is -0.493. The molecule has 0 amide bonds. The smallest absolute Gasteiger partial charge is 0.236 e. The van der Waals surface area contributed by atoms with Gasteiger partial charge in [0.2, 0.25) is 17.2 Å². The molecule has 1 N–H and O–H groups in total. The number of nitrogens with one attached hydrogen (secondary N) is 1. The zero-order valence-corrected chi connectivity index (χ0v) is 17.4. The van der Waals surface area contributed by atoms with E-state index >= 15 is 0 Å². The highest BCUT2D eigenvalue weighted by atomic mass is 35.5. The van der Waals surface area contributed by atoms with Crippen molar-refractivity contribution in [2.45, 2.75) is 37.9 Å². The van der Waals surface area contributed by atoms with E-state index in [1.54, 1.807) is 0 Å². The highest BCUT2D eigenvalue weighted by Crippen LogP contribution is 2.52. The molecule has 1 spiro atoms. The van der Waals surface area contributed by atoms with Crippen molar-refractivity contribution in [2.24, 2.45) is 5.92 Å². The van der Waals surface area contributed by atoms with Crippen molar-refractivity contribution < 1.29 is 28.5 Å². The lowest BCUT2D eigenvalue weighted by Gasteiger charge is -2.35. The predicted molar refractivity (Wildman–Crippen MR) is 106 cm³/mol. The molecule has 29 heavy (non-hydrogen) atoms. The van der Waals surface area contributed by atoms with Crippen LogP contribution >= 0.6 is 11.6 Å².